The highest BCUT2D eigenvalue weighted by Gasteiger charge is 2.47. The van der Waals surface area contributed by atoms with Crippen molar-refractivity contribution in [2.45, 2.75) is 79.1 Å². The van der Waals surface area contributed by atoms with Crippen molar-refractivity contribution in [3.8, 4) is 0 Å². The molecule has 0 bridgehead atoms. The van der Waals surface area contributed by atoms with Crippen LogP contribution >= 0.6 is 14.5 Å². The van der Waals surface area contributed by atoms with Crippen LogP contribution in [0.1, 0.15) is 79.1 Å². The van der Waals surface area contributed by atoms with E-state index in [1.807, 2.05) is 0 Å². The molecule has 0 saturated heterocycles. The highest BCUT2D eigenvalue weighted by Crippen LogP contribution is 2.61. The average Bonchev–Trinajstić information content (AvgIpc) is 3.07. The van der Waals surface area contributed by atoms with Crippen LogP contribution in [0.5, 0.6) is 0 Å². The van der Waals surface area contributed by atoms with Gasteiger partial charge in [-0.15, -0.1) is 0 Å². The van der Waals surface area contributed by atoms with Gasteiger partial charge in [0, 0.05) is 7.26 Å². The third-order valence-electron chi connectivity index (χ3n) is 8.52. The highest BCUT2D eigenvalue weighted by molar-refractivity contribution is 8.01. The molecule has 4 aromatic rings. The number of benzene rings is 4. The summed E-state index contributed by atoms with van der Waals surface area (Å²) in [5.74, 6) is 0. The molecule has 0 atom stereocenters. The van der Waals surface area contributed by atoms with Crippen LogP contribution in [-0.2, 0) is 0 Å². The van der Waals surface area contributed by atoms with E-state index in [2.05, 4.69) is 149 Å². The summed E-state index contributed by atoms with van der Waals surface area (Å²) in [4.78, 5) is 0. The summed E-state index contributed by atoms with van der Waals surface area (Å²) in [6.07, 6.45) is 17.9. The van der Waals surface area contributed by atoms with E-state index in [9.17, 15) is 0 Å². The lowest BCUT2D eigenvalue weighted by molar-refractivity contribution is 0.814. The second-order valence-corrected chi connectivity index (χ2v) is 19.5. The molecule has 0 N–H and O–H groups in total. The van der Waals surface area contributed by atoms with E-state index in [0.29, 0.717) is 0 Å². The van der Waals surface area contributed by atoms with Crippen molar-refractivity contribution in [3.63, 3.8) is 0 Å². The van der Waals surface area contributed by atoms with Crippen LogP contribution in [0.2, 0.25) is 0 Å². The van der Waals surface area contributed by atoms with E-state index in [1.165, 1.54) is 72.6 Å². The van der Waals surface area contributed by atoms with Gasteiger partial charge in [0.05, 0.1) is 24.6 Å². The zero-order chi connectivity index (χ0) is 29.9. The maximum Gasteiger partial charge on any atom is 0.144 e. The Morgan fingerprint density at radius 1 is 0.333 bits per heavy atom. The first-order chi connectivity index (χ1) is 20.7. The Bertz CT molecular complexity index is 1000. The molecule has 224 valence electrons. The fourth-order valence-electron chi connectivity index (χ4n) is 6.15. The van der Waals surface area contributed by atoms with Crippen LogP contribution in [-0.4, -0.2) is 24.6 Å². The Morgan fingerprint density at radius 3 is 0.738 bits per heavy atom. The minimum atomic E-state index is -1.91. The number of rotatable bonds is 16. The Labute approximate surface area is 260 Å². The smallest absolute Gasteiger partial charge is 0.0652 e. The fourth-order valence-corrected chi connectivity index (χ4v) is 15.7. The van der Waals surface area contributed by atoms with Crippen LogP contribution in [0.3, 0.4) is 0 Å². The minimum Gasteiger partial charge on any atom is -0.0652 e. The molecule has 0 amide bonds. The van der Waals surface area contributed by atoms with Crippen LogP contribution in [0.4, 0.5) is 0 Å². The Kier molecular flexibility index (Phi) is 15.6. The van der Waals surface area contributed by atoms with E-state index in [4.69, 9.17) is 0 Å². The van der Waals surface area contributed by atoms with E-state index in [0.717, 1.165) is 0 Å². The van der Waals surface area contributed by atoms with Crippen LogP contribution < -0.4 is 21.2 Å². The number of unbranched alkanes of at least 4 members (excludes halogenated alkanes) is 4. The summed E-state index contributed by atoms with van der Waals surface area (Å²) < 4.78 is 0. The zero-order valence-corrected chi connectivity index (χ0v) is 28.7. The van der Waals surface area contributed by atoms with Gasteiger partial charge in [-0.1, -0.05) is 126 Å². The summed E-state index contributed by atoms with van der Waals surface area (Å²) in [7, 11) is -2.47. The summed E-state index contributed by atoms with van der Waals surface area (Å²) in [6, 6.07) is 43.8. The van der Waals surface area contributed by atoms with Crippen molar-refractivity contribution < 1.29 is 0 Å². The Hall–Kier alpha value is -2.26. The molecule has 0 aliphatic rings. The van der Waals surface area contributed by atoms with Crippen molar-refractivity contribution in [3.05, 3.63) is 121 Å². The van der Waals surface area contributed by atoms with Gasteiger partial charge in [-0.2, -0.15) is 0 Å². The van der Waals surface area contributed by atoms with Gasteiger partial charge in [-0.3, -0.25) is 0 Å². The SMILES string of the molecule is CCCC[P+](CCCC)(CCCC)CCCC.c1ccc([P+](c2ccccc2)(c2ccccc2)c2ccccc2)cc1. The van der Waals surface area contributed by atoms with Gasteiger partial charge in [-0.05, 0) is 74.2 Å². The Morgan fingerprint density at radius 2 is 0.548 bits per heavy atom. The van der Waals surface area contributed by atoms with Gasteiger partial charge in [0.25, 0.3) is 0 Å². The molecule has 0 heterocycles. The molecule has 0 aliphatic heterocycles. The predicted molar refractivity (Wildman–Crippen MR) is 197 cm³/mol. The molecule has 4 aromatic carbocycles. The lowest BCUT2D eigenvalue weighted by atomic mass is 10.3. The van der Waals surface area contributed by atoms with Gasteiger partial charge in [-0.25, -0.2) is 0 Å². The molecular formula is C40H56P2+2. The monoisotopic (exact) mass is 598 g/mol. The van der Waals surface area contributed by atoms with Crippen molar-refractivity contribution in [2.75, 3.05) is 24.6 Å². The summed E-state index contributed by atoms with van der Waals surface area (Å²) >= 11 is 0. The molecule has 0 aliphatic carbocycles. The van der Waals surface area contributed by atoms with E-state index >= 15 is 0 Å². The Balaban J connectivity index is 0.000000252. The summed E-state index contributed by atoms with van der Waals surface area (Å²) in [5, 5.41) is 5.55. The van der Waals surface area contributed by atoms with E-state index in [1.54, 1.807) is 24.6 Å². The first kappa shape index (κ1) is 34.2. The van der Waals surface area contributed by atoms with E-state index < -0.39 is 14.5 Å². The van der Waals surface area contributed by atoms with Gasteiger partial charge in [0.1, 0.15) is 28.5 Å². The second-order valence-electron chi connectivity index (χ2n) is 11.7. The van der Waals surface area contributed by atoms with Gasteiger partial charge < -0.3 is 0 Å². The number of hydrogen-bond donors (Lipinski definition) is 0. The van der Waals surface area contributed by atoms with Crippen molar-refractivity contribution in [2.24, 2.45) is 0 Å². The fraction of sp³-hybridized carbons (Fsp3) is 0.400. The topological polar surface area (TPSA) is 0 Å². The third-order valence-corrected chi connectivity index (χ3v) is 17.9. The van der Waals surface area contributed by atoms with Crippen molar-refractivity contribution in [1.82, 2.24) is 0 Å². The average molecular weight is 599 g/mol. The largest absolute Gasteiger partial charge is 0.144 e. The predicted octanol–water partition coefficient (Wildman–Crippen LogP) is 10.5. The molecule has 2 heteroatoms. The second kappa shape index (κ2) is 19.1. The highest BCUT2D eigenvalue weighted by atomic mass is 31.2. The van der Waals surface area contributed by atoms with Crippen LogP contribution in [0.25, 0.3) is 0 Å². The van der Waals surface area contributed by atoms with Crippen LogP contribution in [0, 0.1) is 0 Å². The molecule has 0 fully saturated rings. The minimum absolute atomic E-state index is 0.562. The molecule has 0 unspecified atom stereocenters. The van der Waals surface area contributed by atoms with Crippen molar-refractivity contribution >= 4 is 35.7 Å². The maximum absolute atomic E-state index is 2.36. The molecule has 0 saturated carbocycles. The molecule has 0 aromatic heterocycles. The summed E-state index contributed by atoms with van der Waals surface area (Å²) in [6.45, 7) is 9.42. The molecular weight excluding hydrogens is 542 g/mol. The standard InChI is InChI=1S/C24H20P.C16H36P/c1-5-13-21(14-6-1)25(22-15-7-2-8-16-22,23-17-9-3-10-18-23)24-19-11-4-12-20-24;1-5-9-13-17(14-10-6-2,15-11-7-3)16-12-8-4/h1-20H;5-16H2,1-4H3/q2*+1. The molecule has 42 heavy (non-hydrogen) atoms. The zero-order valence-electron chi connectivity index (χ0n) is 26.9. The number of hydrogen-bond acceptors (Lipinski definition) is 0. The van der Waals surface area contributed by atoms with Gasteiger partial charge in [0.15, 0.2) is 0 Å². The van der Waals surface area contributed by atoms with Gasteiger partial charge >= 0.3 is 0 Å². The third kappa shape index (κ3) is 9.37. The van der Waals surface area contributed by atoms with Gasteiger partial charge in [0.2, 0.25) is 0 Å². The molecule has 4 rings (SSSR count). The van der Waals surface area contributed by atoms with E-state index in [-0.39, 0.29) is 0 Å². The van der Waals surface area contributed by atoms with Crippen molar-refractivity contribution in [1.29, 1.82) is 0 Å². The molecule has 0 spiro atoms. The lowest BCUT2D eigenvalue weighted by Gasteiger charge is -2.28. The normalized spacial score (nSPS) is 11.5. The molecule has 0 radical (unpaired) electrons. The van der Waals surface area contributed by atoms with Crippen LogP contribution in [0.15, 0.2) is 121 Å². The lowest BCUT2D eigenvalue weighted by Crippen LogP contribution is -2.38. The quantitative estimate of drug-likeness (QED) is 0.113. The maximum atomic E-state index is 2.36. The first-order valence-corrected chi connectivity index (χ1v) is 20.9. The molecule has 0 nitrogen and oxygen atoms in total. The first-order valence-electron chi connectivity index (χ1n) is 16.6. The summed E-state index contributed by atoms with van der Waals surface area (Å²) in [5.41, 5.74) is 0.